The monoisotopic (exact) mass is 339 g/mol. The first-order valence-corrected chi connectivity index (χ1v) is 8.32. The minimum Gasteiger partial charge on any atom is -0.479 e. The Hall–Kier alpha value is -2.66. The van der Waals surface area contributed by atoms with E-state index in [0.29, 0.717) is 12.8 Å². The molecule has 1 heterocycles. The summed E-state index contributed by atoms with van der Waals surface area (Å²) in [4.78, 5) is 23.8. The molecule has 25 heavy (non-hydrogen) atoms. The maximum atomic E-state index is 12.7. The highest BCUT2D eigenvalue weighted by molar-refractivity contribution is 5.84. The maximum Gasteiger partial charge on any atom is 0.332 e. The zero-order chi connectivity index (χ0) is 17.9. The number of benzene rings is 2. The van der Waals surface area contributed by atoms with Crippen LogP contribution in [0.2, 0.25) is 0 Å². The lowest BCUT2D eigenvalue weighted by Crippen LogP contribution is -2.48. The predicted octanol–water partition coefficient (Wildman–Crippen LogP) is 2.70. The number of hydrogen-bond donors (Lipinski definition) is 2. The van der Waals surface area contributed by atoms with E-state index in [-0.39, 0.29) is 5.91 Å². The number of nitrogens with one attached hydrogen (secondary N) is 1. The number of carboxylic acids is 1. The van der Waals surface area contributed by atoms with Gasteiger partial charge in [0.1, 0.15) is 6.10 Å². The summed E-state index contributed by atoms with van der Waals surface area (Å²) in [6.45, 7) is 1.94. The molecule has 1 fully saturated rings. The van der Waals surface area contributed by atoms with E-state index in [1.165, 1.54) is 0 Å². The second-order valence-electron chi connectivity index (χ2n) is 6.38. The number of carbonyl (C=O) groups is 2. The van der Waals surface area contributed by atoms with Crippen molar-refractivity contribution in [1.29, 1.82) is 0 Å². The zero-order valence-electron chi connectivity index (χ0n) is 14.0. The summed E-state index contributed by atoms with van der Waals surface area (Å²) < 4.78 is 5.39. The average molecular weight is 339 g/mol. The smallest absolute Gasteiger partial charge is 0.332 e. The third kappa shape index (κ3) is 3.56. The number of hydrogen-bond acceptors (Lipinski definition) is 3. The fraction of sp³-hybridized carbons (Fsp3) is 0.300. The number of ether oxygens (including phenoxy) is 1. The Morgan fingerprint density at radius 1 is 0.960 bits per heavy atom. The van der Waals surface area contributed by atoms with Crippen LogP contribution in [0.15, 0.2) is 60.7 Å². The predicted molar refractivity (Wildman–Crippen MR) is 93.0 cm³/mol. The Bertz CT molecular complexity index is 705. The summed E-state index contributed by atoms with van der Waals surface area (Å²) in [5, 5.41) is 12.1. The lowest BCUT2D eigenvalue weighted by molar-refractivity contribution is -0.152. The van der Waals surface area contributed by atoms with Crippen molar-refractivity contribution in [2.75, 3.05) is 0 Å². The Balaban J connectivity index is 1.87. The molecule has 0 radical (unpaired) electrons. The minimum atomic E-state index is -1.02. The van der Waals surface area contributed by atoms with E-state index in [1.54, 1.807) is 0 Å². The van der Waals surface area contributed by atoms with Crippen molar-refractivity contribution in [3.05, 3.63) is 71.8 Å². The van der Waals surface area contributed by atoms with Crippen LogP contribution in [0.3, 0.4) is 0 Å². The minimum absolute atomic E-state index is 0.293. The van der Waals surface area contributed by atoms with Crippen molar-refractivity contribution in [3.63, 3.8) is 0 Å². The Kier molecular flexibility index (Phi) is 4.86. The van der Waals surface area contributed by atoms with Gasteiger partial charge in [-0.15, -0.1) is 0 Å². The summed E-state index contributed by atoms with van der Waals surface area (Å²) in [5.41, 5.74) is 1.16. The van der Waals surface area contributed by atoms with E-state index in [4.69, 9.17) is 9.84 Å². The molecule has 2 aromatic rings. The average Bonchev–Trinajstić information content (AvgIpc) is 3.14. The van der Waals surface area contributed by atoms with Gasteiger partial charge in [0.15, 0.2) is 6.10 Å². The molecule has 2 atom stereocenters. The summed E-state index contributed by atoms with van der Waals surface area (Å²) in [5.74, 6) is -1.32. The van der Waals surface area contributed by atoms with E-state index in [0.717, 1.165) is 11.1 Å². The molecule has 0 spiro atoms. The highest BCUT2D eigenvalue weighted by atomic mass is 16.5. The highest BCUT2D eigenvalue weighted by Crippen LogP contribution is 2.30. The molecule has 2 aromatic carbocycles. The molecule has 5 nitrogen and oxygen atoms in total. The lowest BCUT2D eigenvalue weighted by atomic mass is 9.84. The van der Waals surface area contributed by atoms with Crippen LogP contribution in [-0.4, -0.2) is 29.2 Å². The van der Waals surface area contributed by atoms with E-state index in [9.17, 15) is 9.59 Å². The van der Waals surface area contributed by atoms with Crippen LogP contribution in [0.25, 0.3) is 0 Å². The highest BCUT2D eigenvalue weighted by Gasteiger charge is 2.38. The second-order valence-corrected chi connectivity index (χ2v) is 6.38. The summed E-state index contributed by atoms with van der Waals surface area (Å²) >= 11 is 0. The molecule has 130 valence electrons. The molecule has 0 aliphatic carbocycles. The molecule has 2 N–H and O–H groups in total. The molecule has 0 bridgehead atoms. The Morgan fingerprint density at radius 3 is 1.88 bits per heavy atom. The molecule has 0 saturated carbocycles. The lowest BCUT2D eigenvalue weighted by Gasteiger charge is -2.33. The number of carboxylic acid groups (broad SMARTS) is 1. The molecule has 1 amide bonds. The second kappa shape index (κ2) is 7.07. The van der Waals surface area contributed by atoms with Crippen LogP contribution in [0.5, 0.6) is 0 Å². The first-order chi connectivity index (χ1) is 12.0. The first kappa shape index (κ1) is 17.2. The van der Waals surface area contributed by atoms with Crippen LogP contribution in [0.1, 0.15) is 30.9 Å². The van der Waals surface area contributed by atoms with Gasteiger partial charge >= 0.3 is 5.97 Å². The van der Waals surface area contributed by atoms with Gasteiger partial charge in [-0.1, -0.05) is 60.7 Å². The fourth-order valence-corrected chi connectivity index (χ4v) is 3.19. The van der Waals surface area contributed by atoms with E-state index in [1.807, 2.05) is 67.6 Å². The van der Waals surface area contributed by atoms with Crippen LogP contribution in [0, 0.1) is 0 Å². The molecular formula is C20H21NO4. The quantitative estimate of drug-likeness (QED) is 0.878. The normalized spacial score (nSPS) is 20.2. The summed E-state index contributed by atoms with van der Waals surface area (Å²) in [7, 11) is 0. The van der Waals surface area contributed by atoms with Crippen molar-refractivity contribution >= 4 is 11.9 Å². The van der Waals surface area contributed by atoms with Crippen LogP contribution < -0.4 is 5.32 Å². The first-order valence-electron chi connectivity index (χ1n) is 8.32. The number of rotatable bonds is 5. The summed E-state index contributed by atoms with van der Waals surface area (Å²) in [6.07, 6.45) is -0.896. The molecule has 0 aromatic heterocycles. The SMILES string of the molecule is CC(NC(=O)[C@@H]1CC[C@H](C(=O)O)O1)(c1ccccc1)c1ccccc1. The van der Waals surface area contributed by atoms with Crippen molar-refractivity contribution in [3.8, 4) is 0 Å². The molecule has 1 aliphatic rings. The van der Waals surface area contributed by atoms with Gasteiger partial charge in [0.25, 0.3) is 0 Å². The third-order valence-electron chi connectivity index (χ3n) is 4.66. The van der Waals surface area contributed by atoms with Crippen molar-refractivity contribution in [2.24, 2.45) is 0 Å². The van der Waals surface area contributed by atoms with Gasteiger partial charge in [0.05, 0.1) is 5.54 Å². The van der Waals surface area contributed by atoms with Crippen LogP contribution in [0.4, 0.5) is 0 Å². The third-order valence-corrected chi connectivity index (χ3v) is 4.66. The van der Waals surface area contributed by atoms with Crippen LogP contribution >= 0.6 is 0 Å². The molecule has 1 aliphatic heterocycles. The van der Waals surface area contributed by atoms with Gasteiger partial charge in [0.2, 0.25) is 5.91 Å². The van der Waals surface area contributed by atoms with Gasteiger partial charge in [0, 0.05) is 0 Å². The molecule has 1 saturated heterocycles. The maximum absolute atomic E-state index is 12.7. The summed E-state index contributed by atoms with van der Waals surface area (Å²) in [6, 6.07) is 19.4. The Morgan fingerprint density at radius 2 is 1.44 bits per heavy atom. The van der Waals surface area contributed by atoms with Gasteiger partial charge in [-0.05, 0) is 30.9 Å². The van der Waals surface area contributed by atoms with Gasteiger partial charge in [-0.2, -0.15) is 0 Å². The van der Waals surface area contributed by atoms with Crippen LogP contribution in [-0.2, 0) is 19.9 Å². The Labute approximate surface area is 146 Å². The molecule has 3 rings (SSSR count). The van der Waals surface area contributed by atoms with E-state index >= 15 is 0 Å². The van der Waals surface area contributed by atoms with E-state index < -0.39 is 23.7 Å². The topological polar surface area (TPSA) is 75.6 Å². The van der Waals surface area contributed by atoms with Gasteiger partial charge < -0.3 is 15.2 Å². The number of carbonyl (C=O) groups excluding carboxylic acids is 1. The number of aliphatic carboxylic acids is 1. The molecule has 5 heteroatoms. The standard InChI is InChI=1S/C20H21NO4/c1-20(14-8-4-2-5-9-14,15-10-6-3-7-11-15)21-18(22)16-12-13-17(25-16)19(23)24/h2-11,16-17H,12-13H2,1H3,(H,21,22)(H,23,24)/t16-,17+/m0/s1. The largest absolute Gasteiger partial charge is 0.479 e. The van der Waals surface area contributed by atoms with Gasteiger partial charge in [-0.25, -0.2) is 4.79 Å². The van der Waals surface area contributed by atoms with Gasteiger partial charge in [-0.3, -0.25) is 4.79 Å². The molecule has 0 unspecified atom stereocenters. The number of amides is 1. The fourth-order valence-electron chi connectivity index (χ4n) is 3.19. The van der Waals surface area contributed by atoms with Crippen molar-refractivity contribution in [1.82, 2.24) is 5.32 Å². The molecular weight excluding hydrogens is 318 g/mol. The van der Waals surface area contributed by atoms with Crippen molar-refractivity contribution < 1.29 is 19.4 Å². The van der Waals surface area contributed by atoms with E-state index in [2.05, 4.69) is 5.32 Å². The zero-order valence-corrected chi connectivity index (χ0v) is 14.0. The van der Waals surface area contributed by atoms with Crippen molar-refractivity contribution in [2.45, 2.75) is 37.5 Å².